The van der Waals surface area contributed by atoms with Crippen LogP contribution in [-0.2, 0) is 11.2 Å². The molecule has 1 atom stereocenters. The molecule has 1 aromatic heterocycles. The van der Waals surface area contributed by atoms with Crippen LogP contribution in [0.15, 0.2) is 59.7 Å². The lowest BCUT2D eigenvalue weighted by Crippen LogP contribution is -2.41. The molecule has 1 aromatic carbocycles. The Balaban J connectivity index is 1.54. The molecule has 6 heteroatoms. The van der Waals surface area contributed by atoms with E-state index in [1.54, 1.807) is 11.1 Å². The van der Waals surface area contributed by atoms with Crippen LogP contribution in [0.1, 0.15) is 30.5 Å². The van der Waals surface area contributed by atoms with Crippen LogP contribution in [0.25, 0.3) is 0 Å². The third-order valence-corrected chi connectivity index (χ3v) is 5.31. The normalized spacial score (nSPS) is 16.7. The first-order valence-corrected chi connectivity index (χ1v) is 10.4. The fourth-order valence-corrected chi connectivity index (χ4v) is 3.59. The number of carbonyl (C=O) groups is 1. The first kappa shape index (κ1) is 20.8. The van der Waals surface area contributed by atoms with Gasteiger partial charge in [0.2, 0.25) is 5.91 Å². The van der Waals surface area contributed by atoms with E-state index in [1.165, 1.54) is 5.56 Å². The van der Waals surface area contributed by atoms with Gasteiger partial charge in [0.1, 0.15) is 6.54 Å². The van der Waals surface area contributed by atoms with Crippen LogP contribution in [-0.4, -0.2) is 66.4 Å². The largest absolute Gasteiger partial charge is 0.357 e. The predicted molar refractivity (Wildman–Crippen MR) is 117 cm³/mol. The summed E-state index contributed by atoms with van der Waals surface area (Å²) < 4.78 is 0. The SMILES string of the molecule is CCNC(=NCC(=O)N(C)CCc1ccccn1)N1CCC(c2ccccc2)C1. The summed E-state index contributed by atoms with van der Waals surface area (Å²) in [7, 11) is 1.83. The molecule has 0 saturated carbocycles. The van der Waals surface area contributed by atoms with Crippen molar-refractivity contribution in [2.75, 3.05) is 39.8 Å². The Morgan fingerprint density at radius 1 is 1.24 bits per heavy atom. The number of rotatable bonds is 7. The van der Waals surface area contributed by atoms with Crippen molar-refractivity contribution in [2.24, 2.45) is 4.99 Å². The third kappa shape index (κ3) is 6.04. The molecule has 1 unspecified atom stereocenters. The van der Waals surface area contributed by atoms with E-state index in [0.29, 0.717) is 12.5 Å². The average molecular weight is 394 g/mol. The van der Waals surface area contributed by atoms with Crippen molar-refractivity contribution < 1.29 is 4.79 Å². The van der Waals surface area contributed by atoms with Crippen molar-refractivity contribution in [3.05, 3.63) is 66.0 Å². The highest BCUT2D eigenvalue weighted by Gasteiger charge is 2.26. The summed E-state index contributed by atoms with van der Waals surface area (Å²) in [6.45, 7) is 5.53. The molecule has 3 rings (SSSR count). The number of carbonyl (C=O) groups excluding carboxylic acids is 1. The van der Waals surface area contributed by atoms with Gasteiger partial charge in [0, 0.05) is 57.5 Å². The van der Waals surface area contributed by atoms with Crippen molar-refractivity contribution in [1.29, 1.82) is 0 Å². The molecule has 1 amide bonds. The Labute approximate surface area is 173 Å². The lowest BCUT2D eigenvalue weighted by atomic mass is 9.99. The topological polar surface area (TPSA) is 60.8 Å². The van der Waals surface area contributed by atoms with Gasteiger partial charge < -0.3 is 15.1 Å². The third-order valence-electron chi connectivity index (χ3n) is 5.31. The van der Waals surface area contributed by atoms with E-state index in [1.807, 2.05) is 25.2 Å². The van der Waals surface area contributed by atoms with Gasteiger partial charge in [0.05, 0.1) is 0 Å². The van der Waals surface area contributed by atoms with Crippen LogP contribution in [0.2, 0.25) is 0 Å². The van der Waals surface area contributed by atoms with E-state index in [0.717, 1.165) is 44.1 Å². The second-order valence-electron chi connectivity index (χ2n) is 7.40. The van der Waals surface area contributed by atoms with Crippen LogP contribution in [0, 0.1) is 0 Å². The standard InChI is InChI=1S/C23H31N5O/c1-3-24-23(28-16-12-20(18-28)19-9-5-4-6-10-19)26-17-22(29)27(2)15-13-21-11-7-8-14-25-21/h4-11,14,20H,3,12-13,15-18H2,1-2H3,(H,24,26). The maximum atomic E-state index is 12.5. The molecule has 1 saturated heterocycles. The summed E-state index contributed by atoms with van der Waals surface area (Å²) in [5.74, 6) is 1.37. The molecule has 1 aliphatic rings. The molecule has 1 aliphatic heterocycles. The predicted octanol–water partition coefficient (Wildman–Crippen LogP) is 2.54. The number of likely N-dealkylation sites (tertiary alicyclic amines) is 1. The molecule has 0 spiro atoms. The fraction of sp³-hybridized carbons (Fsp3) is 0.435. The number of hydrogen-bond donors (Lipinski definition) is 1. The number of pyridine rings is 1. The van der Waals surface area contributed by atoms with E-state index in [9.17, 15) is 4.79 Å². The Hall–Kier alpha value is -2.89. The van der Waals surface area contributed by atoms with E-state index in [4.69, 9.17) is 0 Å². The molecule has 2 heterocycles. The highest BCUT2D eigenvalue weighted by atomic mass is 16.2. The Bertz CT molecular complexity index is 793. The summed E-state index contributed by atoms with van der Waals surface area (Å²) >= 11 is 0. The summed E-state index contributed by atoms with van der Waals surface area (Å²) in [5, 5.41) is 3.34. The van der Waals surface area contributed by atoms with Crippen LogP contribution >= 0.6 is 0 Å². The number of hydrogen-bond acceptors (Lipinski definition) is 3. The van der Waals surface area contributed by atoms with Crippen molar-refractivity contribution in [3.8, 4) is 0 Å². The highest BCUT2D eigenvalue weighted by molar-refractivity contribution is 5.85. The first-order valence-electron chi connectivity index (χ1n) is 10.4. The van der Waals surface area contributed by atoms with Gasteiger partial charge in [-0.25, -0.2) is 4.99 Å². The molecular weight excluding hydrogens is 362 g/mol. The smallest absolute Gasteiger partial charge is 0.244 e. The van der Waals surface area contributed by atoms with E-state index >= 15 is 0 Å². The monoisotopic (exact) mass is 393 g/mol. The molecule has 1 N–H and O–H groups in total. The summed E-state index contributed by atoms with van der Waals surface area (Å²) in [4.78, 5) is 25.5. The Morgan fingerprint density at radius 2 is 2.03 bits per heavy atom. The van der Waals surface area contributed by atoms with Gasteiger partial charge in [-0.15, -0.1) is 0 Å². The zero-order valence-electron chi connectivity index (χ0n) is 17.4. The van der Waals surface area contributed by atoms with Gasteiger partial charge in [-0.3, -0.25) is 9.78 Å². The van der Waals surface area contributed by atoms with E-state index in [2.05, 4.69) is 57.4 Å². The Kier molecular flexibility index (Phi) is 7.61. The van der Waals surface area contributed by atoms with Gasteiger partial charge in [0.15, 0.2) is 5.96 Å². The van der Waals surface area contributed by atoms with Crippen LogP contribution in [0.3, 0.4) is 0 Å². The molecule has 0 aliphatic carbocycles. The fourth-order valence-electron chi connectivity index (χ4n) is 3.59. The maximum absolute atomic E-state index is 12.5. The number of benzene rings is 1. The molecular formula is C23H31N5O. The van der Waals surface area contributed by atoms with Crippen LogP contribution in [0.5, 0.6) is 0 Å². The number of amides is 1. The van der Waals surface area contributed by atoms with Gasteiger partial charge in [-0.1, -0.05) is 36.4 Å². The lowest BCUT2D eigenvalue weighted by molar-refractivity contribution is -0.128. The minimum Gasteiger partial charge on any atom is -0.357 e. The zero-order chi connectivity index (χ0) is 20.5. The Morgan fingerprint density at radius 3 is 2.76 bits per heavy atom. The number of nitrogens with one attached hydrogen (secondary N) is 1. The number of aromatic nitrogens is 1. The van der Waals surface area contributed by atoms with Gasteiger partial charge in [-0.05, 0) is 31.0 Å². The summed E-state index contributed by atoms with van der Waals surface area (Å²) in [6, 6.07) is 16.5. The van der Waals surface area contributed by atoms with Crippen molar-refractivity contribution in [3.63, 3.8) is 0 Å². The molecule has 1 fully saturated rings. The minimum absolute atomic E-state index is 0.0233. The van der Waals surface area contributed by atoms with Gasteiger partial charge >= 0.3 is 0 Å². The molecule has 29 heavy (non-hydrogen) atoms. The van der Waals surface area contributed by atoms with Crippen LogP contribution in [0.4, 0.5) is 0 Å². The van der Waals surface area contributed by atoms with Crippen molar-refractivity contribution >= 4 is 11.9 Å². The highest BCUT2D eigenvalue weighted by Crippen LogP contribution is 2.26. The number of nitrogens with zero attached hydrogens (tertiary/aromatic N) is 4. The van der Waals surface area contributed by atoms with Crippen molar-refractivity contribution in [2.45, 2.75) is 25.7 Å². The quantitative estimate of drug-likeness (QED) is 0.580. The lowest BCUT2D eigenvalue weighted by Gasteiger charge is -2.22. The van der Waals surface area contributed by atoms with Crippen molar-refractivity contribution in [1.82, 2.24) is 20.1 Å². The molecule has 0 bridgehead atoms. The van der Waals surface area contributed by atoms with E-state index < -0.39 is 0 Å². The van der Waals surface area contributed by atoms with E-state index in [-0.39, 0.29) is 12.5 Å². The minimum atomic E-state index is 0.0233. The molecule has 0 radical (unpaired) electrons. The number of guanidine groups is 1. The summed E-state index contributed by atoms with van der Waals surface area (Å²) in [5.41, 5.74) is 2.36. The van der Waals surface area contributed by atoms with Gasteiger partial charge in [0.25, 0.3) is 0 Å². The number of likely N-dealkylation sites (N-methyl/N-ethyl adjacent to an activating group) is 1. The molecule has 154 valence electrons. The maximum Gasteiger partial charge on any atom is 0.244 e. The number of aliphatic imine (C=N–C) groups is 1. The molecule has 6 nitrogen and oxygen atoms in total. The second-order valence-corrected chi connectivity index (χ2v) is 7.40. The first-order chi connectivity index (χ1) is 14.2. The van der Waals surface area contributed by atoms with Crippen LogP contribution < -0.4 is 5.32 Å². The molecule has 2 aromatic rings. The van der Waals surface area contributed by atoms with Gasteiger partial charge in [-0.2, -0.15) is 0 Å². The zero-order valence-corrected chi connectivity index (χ0v) is 17.4. The second kappa shape index (κ2) is 10.6. The average Bonchev–Trinajstić information content (AvgIpc) is 3.26. The summed E-state index contributed by atoms with van der Waals surface area (Å²) in [6.07, 6.45) is 3.63.